The van der Waals surface area contributed by atoms with E-state index in [-0.39, 0.29) is 11.3 Å². The molecular formula is C10H19NO2. The van der Waals surface area contributed by atoms with E-state index < -0.39 is 0 Å². The van der Waals surface area contributed by atoms with Crippen molar-refractivity contribution in [3.05, 3.63) is 0 Å². The van der Waals surface area contributed by atoms with Crippen molar-refractivity contribution in [1.29, 1.82) is 0 Å². The largest absolute Gasteiger partial charge is 0.348 e. The Labute approximate surface area is 80.0 Å². The second-order valence-corrected chi connectivity index (χ2v) is 4.53. The summed E-state index contributed by atoms with van der Waals surface area (Å²) < 4.78 is 11.7. The molecule has 0 aromatic rings. The van der Waals surface area contributed by atoms with Gasteiger partial charge in [-0.2, -0.15) is 0 Å². The van der Waals surface area contributed by atoms with Crippen LogP contribution in [0.5, 0.6) is 0 Å². The number of rotatable bonds is 0. The van der Waals surface area contributed by atoms with Gasteiger partial charge in [-0.25, -0.2) is 0 Å². The Morgan fingerprint density at radius 3 is 2.23 bits per heavy atom. The van der Waals surface area contributed by atoms with Gasteiger partial charge in [-0.15, -0.1) is 0 Å². The van der Waals surface area contributed by atoms with Crippen LogP contribution in [-0.4, -0.2) is 43.0 Å². The number of hydrogen-bond acceptors (Lipinski definition) is 3. The van der Waals surface area contributed by atoms with Gasteiger partial charge >= 0.3 is 0 Å². The fraction of sp³-hybridized carbons (Fsp3) is 1.00. The molecule has 0 aromatic heterocycles. The van der Waals surface area contributed by atoms with E-state index in [0.717, 1.165) is 32.6 Å². The molecule has 0 aliphatic carbocycles. The molecule has 0 atom stereocenters. The maximum atomic E-state index is 5.85. The van der Waals surface area contributed by atoms with Crippen LogP contribution in [0.15, 0.2) is 0 Å². The van der Waals surface area contributed by atoms with Gasteiger partial charge in [-0.3, -0.25) is 4.90 Å². The number of hydrogen-bond donors (Lipinski definition) is 0. The first-order chi connectivity index (χ1) is 6.08. The standard InChI is InChI=1S/C10H19NO2/c1-9(2)10(5-6-11(9)3)12-7-4-8-13-10/h4-8H2,1-3H3. The third-order valence-electron chi connectivity index (χ3n) is 3.62. The summed E-state index contributed by atoms with van der Waals surface area (Å²) in [4.78, 5) is 2.32. The molecule has 0 bridgehead atoms. The van der Waals surface area contributed by atoms with Crippen LogP contribution >= 0.6 is 0 Å². The summed E-state index contributed by atoms with van der Waals surface area (Å²) in [6.07, 6.45) is 2.03. The number of ether oxygens (including phenoxy) is 2. The highest BCUT2D eigenvalue weighted by Gasteiger charge is 2.55. The van der Waals surface area contributed by atoms with E-state index in [4.69, 9.17) is 9.47 Å². The predicted octanol–water partition coefficient (Wildman–Crippen LogP) is 1.23. The van der Waals surface area contributed by atoms with E-state index >= 15 is 0 Å². The Morgan fingerprint density at radius 1 is 1.15 bits per heavy atom. The zero-order chi connectivity index (χ0) is 9.53. The van der Waals surface area contributed by atoms with Crippen molar-refractivity contribution >= 4 is 0 Å². The second kappa shape index (κ2) is 2.94. The lowest BCUT2D eigenvalue weighted by Gasteiger charge is -2.45. The lowest BCUT2D eigenvalue weighted by molar-refractivity contribution is -0.294. The molecule has 2 heterocycles. The molecule has 0 radical (unpaired) electrons. The molecule has 2 saturated heterocycles. The van der Waals surface area contributed by atoms with Crippen LogP contribution in [0.3, 0.4) is 0 Å². The summed E-state index contributed by atoms with van der Waals surface area (Å²) in [6, 6.07) is 0. The summed E-state index contributed by atoms with van der Waals surface area (Å²) in [6.45, 7) is 7.15. The van der Waals surface area contributed by atoms with Crippen molar-refractivity contribution in [2.45, 2.75) is 38.0 Å². The lowest BCUT2D eigenvalue weighted by Crippen LogP contribution is -2.57. The first kappa shape index (κ1) is 9.44. The summed E-state index contributed by atoms with van der Waals surface area (Å²) >= 11 is 0. The Morgan fingerprint density at radius 2 is 1.77 bits per heavy atom. The summed E-state index contributed by atoms with van der Waals surface area (Å²) in [7, 11) is 2.13. The van der Waals surface area contributed by atoms with E-state index in [1.807, 2.05) is 0 Å². The fourth-order valence-corrected chi connectivity index (χ4v) is 2.26. The molecule has 13 heavy (non-hydrogen) atoms. The molecule has 0 saturated carbocycles. The van der Waals surface area contributed by atoms with E-state index in [1.165, 1.54) is 0 Å². The van der Waals surface area contributed by atoms with Crippen LogP contribution in [0.1, 0.15) is 26.7 Å². The molecule has 76 valence electrons. The van der Waals surface area contributed by atoms with Gasteiger partial charge in [0, 0.05) is 13.0 Å². The SMILES string of the molecule is CN1CCC2(OCCCO2)C1(C)C. The highest BCUT2D eigenvalue weighted by molar-refractivity contribution is 5.02. The third kappa shape index (κ3) is 1.22. The first-order valence-electron chi connectivity index (χ1n) is 5.08. The maximum Gasteiger partial charge on any atom is 0.187 e. The molecule has 2 fully saturated rings. The van der Waals surface area contributed by atoms with E-state index in [0.29, 0.717) is 0 Å². The minimum absolute atomic E-state index is 0.00736. The quantitative estimate of drug-likeness (QED) is 0.566. The summed E-state index contributed by atoms with van der Waals surface area (Å²) in [5, 5.41) is 0. The van der Waals surface area contributed by atoms with Crippen molar-refractivity contribution < 1.29 is 9.47 Å². The molecule has 2 aliphatic rings. The van der Waals surface area contributed by atoms with Crippen LogP contribution in [0.2, 0.25) is 0 Å². The molecule has 3 heteroatoms. The van der Waals surface area contributed by atoms with Crippen molar-refractivity contribution in [3.8, 4) is 0 Å². The molecule has 2 aliphatic heterocycles. The smallest absolute Gasteiger partial charge is 0.187 e. The highest BCUT2D eigenvalue weighted by Crippen LogP contribution is 2.42. The summed E-state index contributed by atoms with van der Waals surface area (Å²) in [5.74, 6) is -0.333. The average Bonchev–Trinajstić information content (AvgIpc) is 2.33. The molecule has 0 unspecified atom stereocenters. The molecule has 1 spiro atoms. The van der Waals surface area contributed by atoms with E-state index in [9.17, 15) is 0 Å². The van der Waals surface area contributed by atoms with Gasteiger partial charge < -0.3 is 9.47 Å². The van der Waals surface area contributed by atoms with Gasteiger partial charge in [-0.1, -0.05) is 0 Å². The summed E-state index contributed by atoms with van der Waals surface area (Å²) in [5.41, 5.74) is 0.00736. The number of nitrogens with zero attached hydrogens (tertiary/aromatic N) is 1. The van der Waals surface area contributed by atoms with Crippen molar-refractivity contribution in [2.75, 3.05) is 26.8 Å². The Kier molecular flexibility index (Phi) is 2.13. The molecule has 0 aromatic carbocycles. The molecule has 0 amide bonds. The van der Waals surface area contributed by atoms with Crippen molar-refractivity contribution in [3.63, 3.8) is 0 Å². The van der Waals surface area contributed by atoms with Crippen LogP contribution < -0.4 is 0 Å². The van der Waals surface area contributed by atoms with Crippen LogP contribution in [-0.2, 0) is 9.47 Å². The highest BCUT2D eigenvalue weighted by atomic mass is 16.7. The van der Waals surface area contributed by atoms with Crippen molar-refractivity contribution in [2.24, 2.45) is 0 Å². The average molecular weight is 185 g/mol. The molecule has 2 rings (SSSR count). The number of likely N-dealkylation sites (N-methyl/N-ethyl adjacent to an activating group) is 1. The van der Waals surface area contributed by atoms with Crippen LogP contribution in [0.25, 0.3) is 0 Å². The molecule has 0 N–H and O–H groups in total. The van der Waals surface area contributed by atoms with Gasteiger partial charge in [0.25, 0.3) is 0 Å². The van der Waals surface area contributed by atoms with E-state index in [1.54, 1.807) is 0 Å². The normalized spacial score (nSPS) is 32.5. The van der Waals surface area contributed by atoms with Crippen molar-refractivity contribution in [1.82, 2.24) is 4.90 Å². The Bertz CT molecular complexity index is 192. The predicted molar refractivity (Wildman–Crippen MR) is 50.6 cm³/mol. The van der Waals surface area contributed by atoms with E-state index in [2.05, 4.69) is 25.8 Å². The van der Waals surface area contributed by atoms with Gasteiger partial charge in [0.2, 0.25) is 0 Å². The monoisotopic (exact) mass is 185 g/mol. The fourth-order valence-electron chi connectivity index (χ4n) is 2.26. The van der Waals surface area contributed by atoms with Crippen LogP contribution in [0.4, 0.5) is 0 Å². The van der Waals surface area contributed by atoms with Gasteiger partial charge in [0.05, 0.1) is 18.8 Å². The van der Waals surface area contributed by atoms with Gasteiger partial charge in [0.1, 0.15) is 0 Å². The molecule has 3 nitrogen and oxygen atoms in total. The third-order valence-corrected chi connectivity index (χ3v) is 3.62. The maximum absolute atomic E-state index is 5.85. The van der Waals surface area contributed by atoms with Crippen LogP contribution in [0, 0.1) is 0 Å². The Balaban J connectivity index is 2.21. The lowest BCUT2D eigenvalue weighted by atomic mass is 9.93. The first-order valence-corrected chi connectivity index (χ1v) is 5.08. The van der Waals surface area contributed by atoms with Gasteiger partial charge in [-0.05, 0) is 27.3 Å². The zero-order valence-corrected chi connectivity index (χ0v) is 8.80. The topological polar surface area (TPSA) is 21.7 Å². The van der Waals surface area contributed by atoms with Gasteiger partial charge in [0.15, 0.2) is 5.79 Å². The zero-order valence-electron chi connectivity index (χ0n) is 8.80. The Hall–Kier alpha value is -0.120. The minimum atomic E-state index is -0.333. The second-order valence-electron chi connectivity index (χ2n) is 4.53. The number of likely N-dealkylation sites (tertiary alicyclic amines) is 1. The minimum Gasteiger partial charge on any atom is -0.348 e. The molecular weight excluding hydrogens is 166 g/mol.